The van der Waals surface area contributed by atoms with Crippen molar-refractivity contribution in [3.05, 3.63) is 47.7 Å². The van der Waals surface area contributed by atoms with Crippen molar-refractivity contribution in [2.45, 2.75) is 32.6 Å². The Morgan fingerprint density at radius 3 is 2.36 bits per heavy atom. The van der Waals surface area contributed by atoms with Crippen LogP contribution in [0.25, 0.3) is 0 Å². The summed E-state index contributed by atoms with van der Waals surface area (Å²) in [4.78, 5) is 18.4. The number of hydrogen-bond donors (Lipinski definition) is 1. The molecular formula is C20H28N4O3S. The first kappa shape index (κ1) is 21.8. The molecule has 1 aromatic carbocycles. The monoisotopic (exact) mass is 404 g/mol. The van der Waals surface area contributed by atoms with E-state index in [0.717, 1.165) is 16.8 Å². The number of pyridine rings is 1. The molecule has 1 amide bonds. The van der Waals surface area contributed by atoms with Crippen LogP contribution in [0.3, 0.4) is 0 Å². The molecule has 0 bridgehead atoms. The van der Waals surface area contributed by atoms with Gasteiger partial charge in [0.1, 0.15) is 10.7 Å². The number of carbonyl (C=O) groups excluding carboxylic acids is 1. The molecule has 2 aromatic rings. The third-order valence-corrected chi connectivity index (χ3v) is 6.54. The Kier molecular flexibility index (Phi) is 7.15. The second-order valence-corrected chi connectivity index (χ2v) is 8.60. The van der Waals surface area contributed by atoms with Gasteiger partial charge in [0.25, 0.3) is 0 Å². The van der Waals surface area contributed by atoms with Crippen LogP contribution in [0.4, 0.5) is 11.5 Å². The Hall–Kier alpha value is -2.45. The highest BCUT2D eigenvalue weighted by molar-refractivity contribution is 7.89. The van der Waals surface area contributed by atoms with Gasteiger partial charge in [-0.3, -0.25) is 4.79 Å². The average molecular weight is 405 g/mol. The van der Waals surface area contributed by atoms with Crippen molar-refractivity contribution in [2.75, 3.05) is 36.9 Å². The molecule has 0 fully saturated rings. The number of carbonyl (C=O) groups is 1. The van der Waals surface area contributed by atoms with Crippen LogP contribution in [-0.4, -0.2) is 50.3 Å². The molecule has 7 nitrogen and oxygen atoms in total. The highest BCUT2D eigenvalue weighted by atomic mass is 32.2. The summed E-state index contributed by atoms with van der Waals surface area (Å²) in [5.74, 6) is 0.354. The molecule has 0 unspecified atom stereocenters. The lowest BCUT2D eigenvalue weighted by molar-refractivity contribution is -0.114. The van der Waals surface area contributed by atoms with Gasteiger partial charge < -0.3 is 10.2 Å². The van der Waals surface area contributed by atoms with Crippen molar-refractivity contribution in [1.29, 1.82) is 0 Å². The Labute approximate surface area is 167 Å². The summed E-state index contributed by atoms with van der Waals surface area (Å²) >= 11 is 0. The summed E-state index contributed by atoms with van der Waals surface area (Å²) in [6.45, 7) is 8.41. The van der Waals surface area contributed by atoms with Crippen LogP contribution in [0.15, 0.2) is 41.4 Å². The van der Waals surface area contributed by atoms with Crippen LogP contribution in [-0.2, 0) is 14.8 Å². The predicted octanol–water partition coefficient (Wildman–Crippen LogP) is 2.80. The maximum absolute atomic E-state index is 12.5. The Bertz CT molecular complexity index is 923. The number of aryl methyl sites for hydroxylation is 2. The van der Waals surface area contributed by atoms with Gasteiger partial charge in [0.2, 0.25) is 15.9 Å². The smallest absolute Gasteiger partial charge is 0.244 e. The van der Waals surface area contributed by atoms with Crippen molar-refractivity contribution in [2.24, 2.45) is 0 Å². The Morgan fingerprint density at radius 2 is 1.79 bits per heavy atom. The molecule has 2 rings (SSSR count). The lowest BCUT2D eigenvalue weighted by atomic mass is 10.1. The third kappa shape index (κ3) is 5.08. The lowest BCUT2D eigenvalue weighted by Gasteiger charge is -2.20. The van der Waals surface area contributed by atoms with E-state index in [9.17, 15) is 13.2 Å². The van der Waals surface area contributed by atoms with E-state index in [-0.39, 0.29) is 17.3 Å². The first-order chi connectivity index (χ1) is 13.2. The van der Waals surface area contributed by atoms with Crippen molar-refractivity contribution in [3.8, 4) is 0 Å². The molecule has 0 spiro atoms. The molecule has 1 heterocycles. The second kappa shape index (κ2) is 9.16. The van der Waals surface area contributed by atoms with Gasteiger partial charge in [-0.1, -0.05) is 26.0 Å². The number of anilines is 2. The minimum Gasteiger partial charge on any atom is -0.350 e. The minimum atomic E-state index is -3.54. The maximum Gasteiger partial charge on any atom is 0.244 e. The average Bonchev–Trinajstić information content (AvgIpc) is 2.65. The summed E-state index contributed by atoms with van der Waals surface area (Å²) in [6.07, 6.45) is 1.34. The van der Waals surface area contributed by atoms with E-state index in [2.05, 4.69) is 10.3 Å². The van der Waals surface area contributed by atoms with E-state index in [1.807, 2.05) is 32.0 Å². The number of rotatable bonds is 8. The van der Waals surface area contributed by atoms with E-state index in [0.29, 0.717) is 18.9 Å². The molecule has 0 radical (unpaired) electrons. The largest absolute Gasteiger partial charge is 0.350 e. The molecule has 0 atom stereocenters. The first-order valence-electron chi connectivity index (χ1n) is 9.23. The number of hydrogen-bond acceptors (Lipinski definition) is 5. The molecule has 0 aliphatic carbocycles. The number of benzene rings is 1. The molecular weight excluding hydrogens is 376 g/mol. The lowest BCUT2D eigenvalue weighted by Crippen LogP contribution is -2.32. The predicted molar refractivity (Wildman–Crippen MR) is 112 cm³/mol. The van der Waals surface area contributed by atoms with E-state index in [4.69, 9.17) is 0 Å². The highest BCUT2D eigenvalue weighted by Crippen LogP contribution is 2.19. The standard InChI is InChI=1S/C20H28N4O3S/c1-6-24(7-2)28(26,27)17-10-11-19(21-13-17)23(5)14-20(25)22-18-12-15(3)8-9-16(18)4/h8-13H,6-7,14H2,1-5H3,(H,22,25). The number of nitrogens with one attached hydrogen (secondary N) is 1. The third-order valence-electron chi connectivity index (χ3n) is 4.50. The van der Waals surface area contributed by atoms with Gasteiger partial charge in [0.05, 0.1) is 6.54 Å². The van der Waals surface area contributed by atoms with Crippen LogP contribution in [0.1, 0.15) is 25.0 Å². The zero-order valence-corrected chi connectivity index (χ0v) is 17.9. The summed E-state index contributed by atoms with van der Waals surface area (Å²) < 4.78 is 26.4. The fourth-order valence-corrected chi connectivity index (χ4v) is 4.22. The summed E-state index contributed by atoms with van der Waals surface area (Å²) in [6, 6.07) is 9.02. The molecule has 0 aliphatic rings. The zero-order valence-electron chi connectivity index (χ0n) is 17.1. The van der Waals surface area contributed by atoms with Gasteiger partial charge in [-0.25, -0.2) is 13.4 Å². The molecule has 8 heteroatoms. The van der Waals surface area contributed by atoms with E-state index in [1.54, 1.807) is 31.9 Å². The van der Waals surface area contributed by atoms with Crippen LogP contribution in [0.2, 0.25) is 0 Å². The molecule has 1 aromatic heterocycles. The number of likely N-dealkylation sites (N-methyl/N-ethyl adjacent to an activating group) is 1. The molecule has 1 N–H and O–H groups in total. The van der Waals surface area contributed by atoms with E-state index < -0.39 is 10.0 Å². The Balaban J connectivity index is 2.07. The first-order valence-corrected chi connectivity index (χ1v) is 10.7. The summed E-state index contributed by atoms with van der Waals surface area (Å²) in [7, 11) is -1.80. The fraction of sp³-hybridized carbons (Fsp3) is 0.400. The van der Waals surface area contributed by atoms with Gasteiger partial charge in [0, 0.05) is 32.0 Å². The van der Waals surface area contributed by atoms with Gasteiger partial charge in [-0.2, -0.15) is 4.31 Å². The molecule has 0 saturated carbocycles. The Morgan fingerprint density at radius 1 is 1.11 bits per heavy atom. The highest BCUT2D eigenvalue weighted by Gasteiger charge is 2.22. The van der Waals surface area contributed by atoms with Crippen molar-refractivity contribution >= 4 is 27.4 Å². The number of aromatic nitrogens is 1. The van der Waals surface area contributed by atoms with Crippen LogP contribution >= 0.6 is 0 Å². The number of amides is 1. The quantitative estimate of drug-likeness (QED) is 0.732. The van der Waals surface area contributed by atoms with Gasteiger partial charge in [-0.15, -0.1) is 0 Å². The van der Waals surface area contributed by atoms with Crippen molar-refractivity contribution < 1.29 is 13.2 Å². The summed E-state index contributed by atoms with van der Waals surface area (Å²) in [5, 5.41) is 2.91. The van der Waals surface area contributed by atoms with Crippen molar-refractivity contribution in [1.82, 2.24) is 9.29 Å². The normalized spacial score (nSPS) is 11.5. The molecule has 0 saturated heterocycles. The minimum absolute atomic E-state index is 0.0997. The van der Waals surface area contributed by atoms with Gasteiger partial charge in [0.15, 0.2) is 0 Å². The van der Waals surface area contributed by atoms with Crippen LogP contribution < -0.4 is 10.2 Å². The van der Waals surface area contributed by atoms with E-state index >= 15 is 0 Å². The zero-order chi connectivity index (χ0) is 20.9. The van der Waals surface area contributed by atoms with E-state index in [1.165, 1.54) is 16.6 Å². The topological polar surface area (TPSA) is 82.6 Å². The van der Waals surface area contributed by atoms with Crippen molar-refractivity contribution in [3.63, 3.8) is 0 Å². The summed E-state index contributed by atoms with van der Waals surface area (Å²) in [5.41, 5.74) is 2.85. The fourth-order valence-electron chi connectivity index (χ4n) is 2.82. The maximum atomic E-state index is 12.5. The number of nitrogens with zero attached hydrogens (tertiary/aromatic N) is 3. The molecule has 28 heavy (non-hydrogen) atoms. The number of sulfonamides is 1. The molecule has 152 valence electrons. The SMILES string of the molecule is CCN(CC)S(=O)(=O)c1ccc(N(C)CC(=O)Nc2cc(C)ccc2C)nc1. The van der Waals surface area contributed by atoms with Crippen LogP contribution in [0.5, 0.6) is 0 Å². The van der Waals surface area contributed by atoms with Gasteiger partial charge >= 0.3 is 0 Å². The molecule has 0 aliphatic heterocycles. The van der Waals surface area contributed by atoms with Crippen LogP contribution in [0, 0.1) is 13.8 Å². The second-order valence-electron chi connectivity index (χ2n) is 6.66. The van der Waals surface area contributed by atoms with Gasteiger partial charge in [-0.05, 0) is 43.2 Å².